The second kappa shape index (κ2) is 18.9. The van der Waals surface area contributed by atoms with Gasteiger partial charge in [0.2, 0.25) is 35.4 Å². The van der Waals surface area contributed by atoms with Gasteiger partial charge in [0.05, 0.1) is 38.3 Å². The fourth-order valence-electron chi connectivity index (χ4n) is 3.21. The van der Waals surface area contributed by atoms with Gasteiger partial charge in [-0.3, -0.25) is 33.6 Å². The van der Waals surface area contributed by atoms with Crippen molar-refractivity contribution in [1.82, 2.24) is 31.9 Å². The summed E-state index contributed by atoms with van der Waals surface area (Å²) < 4.78 is 0. The Morgan fingerprint density at radius 1 is 0.721 bits per heavy atom. The van der Waals surface area contributed by atoms with Gasteiger partial charge >= 0.3 is 11.9 Å². The molecule has 0 aromatic rings. The van der Waals surface area contributed by atoms with Gasteiger partial charge in [0.15, 0.2) is 6.04 Å². The minimum Gasteiger partial charge on any atom is -0.481 e. The van der Waals surface area contributed by atoms with Crippen LogP contribution in [-0.2, 0) is 38.4 Å². The van der Waals surface area contributed by atoms with E-state index < -0.39 is 110 Å². The fourth-order valence-corrected chi connectivity index (χ4v) is 3.21. The van der Waals surface area contributed by atoms with Crippen molar-refractivity contribution < 1.29 is 58.8 Å². The van der Waals surface area contributed by atoms with E-state index >= 15 is 0 Å². The highest BCUT2D eigenvalue weighted by Gasteiger charge is 2.31. The number of aliphatic carboxylic acids is 2. The van der Waals surface area contributed by atoms with Crippen LogP contribution in [0, 0.1) is 5.92 Å². The summed E-state index contributed by atoms with van der Waals surface area (Å²) in [6, 6.07) is -7.21. The number of aliphatic hydroxyl groups is 2. The number of hydrogen-bond acceptors (Lipinski definition) is 11. The average Bonchev–Trinajstić information content (AvgIpc) is 2.93. The number of amides is 6. The summed E-state index contributed by atoms with van der Waals surface area (Å²) in [5.41, 5.74) is 5.77. The number of carboxylic acids is 2. The molecule has 0 aliphatic heterocycles. The highest BCUT2D eigenvalue weighted by Crippen LogP contribution is 2.04. The Bertz CT molecular complexity index is 1040. The van der Waals surface area contributed by atoms with Crippen molar-refractivity contribution in [3.63, 3.8) is 0 Å². The van der Waals surface area contributed by atoms with Crippen LogP contribution in [0.2, 0.25) is 0 Å². The minimum atomic E-state index is -1.79. The number of nitrogens with one attached hydrogen (secondary N) is 6. The van der Waals surface area contributed by atoms with E-state index in [9.17, 15) is 48.6 Å². The molecule has 0 aliphatic rings. The normalized spacial score (nSPS) is 15.6. The van der Waals surface area contributed by atoms with Gasteiger partial charge in [0.1, 0.15) is 18.1 Å². The van der Waals surface area contributed by atoms with E-state index in [-0.39, 0.29) is 5.92 Å². The van der Waals surface area contributed by atoms with Gasteiger partial charge in [0.25, 0.3) is 0 Å². The molecule has 0 aromatic carbocycles. The molecule has 0 unspecified atom stereocenters. The molecule has 0 saturated carbocycles. The van der Waals surface area contributed by atoms with Crippen LogP contribution in [0.25, 0.3) is 0 Å². The first-order chi connectivity index (χ1) is 19.9. The largest absolute Gasteiger partial charge is 0.481 e. The Labute approximate surface area is 246 Å². The molecule has 0 spiro atoms. The summed E-state index contributed by atoms with van der Waals surface area (Å²) in [6.45, 7) is 3.69. The van der Waals surface area contributed by atoms with Crippen LogP contribution in [0.3, 0.4) is 0 Å². The molecule has 0 heterocycles. The number of carbonyl (C=O) groups excluding carboxylic acids is 6. The molecule has 19 nitrogen and oxygen atoms in total. The maximum Gasteiger partial charge on any atom is 0.328 e. The predicted molar refractivity (Wildman–Crippen MR) is 146 cm³/mol. The SMILES string of the molecule is CC[C@H](C)[C@H](N)C(=O)NCC(=O)N[C@@H](CO)C(=O)N[C@@H](C)C(=O)NCC(=O)N[C@@H](CC(=O)O)C(=O)N[C@H](C(=O)O)[C@@H](C)O. The van der Waals surface area contributed by atoms with Crippen molar-refractivity contribution in [1.29, 1.82) is 0 Å². The van der Waals surface area contributed by atoms with E-state index in [0.717, 1.165) is 6.92 Å². The Balaban J connectivity index is 4.95. The van der Waals surface area contributed by atoms with Crippen LogP contribution in [0.5, 0.6) is 0 Å². The van der Waals surface area contributed by atoms with Crippen molar-refractivity contribution in [2.45, 2.75) is 76.8 Å². The van der Waals surface area contributed by atoms with Gasteiger partial charge in [-0.15, -0.1) is 0 Å². The first-order valence-corrected chi connectivity index (χ1v) is 13.2. The molecule has 43 heavy (non-hydrogen) atoms. The minimum absolute atomic E-state index is 0.143. The zero-order chi connectivity index (χ0) is 33.4. The monoisotopic (exact) mass is 619 g/mol. The van der Waals surface area contributed by atoms with E-state index in [1.54, 1.807) is 6.92 Å². The standard InChI is InChI=1S/C24H41N7O12/c1-5-10(2)18(25)23(41)27-8-16(35)30-14(9-32)22(40)28-11(3)20(38)26-7-15(34)29-13(6-17(36)37)21(39)31-19(12(4)33)24(42)43/h10-14,18-19,32-33H,5-9,25H2,1-4H3,(H,26,38)(H,27,41)(H,28,40)(H,29,34)(H,30,35)(H,31,39)(H,36,37)(H,42,43)/t10-,11-,12+,13-,14-,18-,19-/m0/s1. The number of hydrogen-bond donors (Lipinski definition) is 11. The van der Waals surface area contributed by atoms with Crippen LogP contribution in [-0.4, -0.2) is 124 Å². The molecule has 12 N–H and O–H groups in total. The van der Waals surface area contributed by atoms with Gasteiger partial charge in [-0.05, 0) is 19.8 Å². The lowest BCUT2D eigenvalue weighted by Gasteiger charge is -2.22. The quantitative estimate of drug-likeness (QED) is 0.0643. The summed E-state index contributed by atoms with van der Waals surface area (Å²) in [5.74, 6) is -8.84. The van der Waals surface area contributed by atoms with Gasteiger partial charge in [0, 0.05) is 0 Å². The van der Waals surface area contributed by atoms with Gasteiger partial charge in [-0.2, -0.15) is 0 Å². The second-order valence-corrected chi connectivity index (χ2v) is 9.66. The molecule has 0 radical (unpaired) electrons. The lowest BCUT2D eigenvalue weighted by Crippen LogP contribution is -2.57. The van der Waals surface area contributed by atoms with Crippen molar-refractivity contribution in [3.05, 3.63) is 0 Å². The van der Waals surface area contributed by atoms with Crippen molar-refractivity contribution >= 4 is 47.4 Å². The Hall–Kier alpha value is -4.36. The van der Waals surface area contributed by atoms with Crippen LogP contribution >= 0.6 is 0 Å². The maximum absolute atomic E-state index is 12.4. The number of carboxylic acid groups (broad SMARTS) is 2. The molecule has 0 saturated heterocycles. The molecule has 244 valence electrons. The molecule has 0 bridgehead atoms. The van der Waals surface area contributed by atoms with E-state index in [1.165, 1.54) is 6.92 Å². The molecule has 0 aromatic heterocycles. The lowest BCUT2D eigenvalue weighted by molar-refractivity contribution is -0.145. The lowest BCUT2D eigenvalue weighted by atomic mass is 9.99. The van der Waals surface area contributed by atoms with Crippen LogP contribution in [0.15, 0.2) is 0 Å². The Kier molecular flexibility index (Phi) is 17.0. The molecule has 0 rings (SSSR count). The highest BCUT2D eigenvalue weighted by atomic mass is 16.4. The van der Waals surface area contributed by atoms with Crippen LogP contribution < -0.4 is 37.6 Å². The average molecular weight is 620 g/mol. The third-order valence-corrected chi connectivity index (χ3v) is 6.07. The second-order valence-electron chi connectivity index (χ2n) is 9.66. The molecule has 0 aliphatic carbocycles. The van der Waals surface area contributed by atoms with Gasteiger partial charge in [-0.25, -0.2) is 4.79 Å². The van der Waals surface area contributed by atoms with E-state index in [4.69, 9.17) is 15.9 Å². The summed E-state index contributed by atoms with van der Waals surface area (Å²) in [4.78, 5) is 95.8. The summed E-state index contributed by atoms with van der Waals surface area (Å²) in [5, 5.41) is 49.8. The summed E-state index contributed by atoms with van der Waals surface area (Å²) >= 11 is 0. The first kappa shape index (κ1) is 38.6. The Morgan fingerprint density at radius 3 is 1.65 bits per heavy atom. The zero-order valence-corrected chi connectivity index (χ0v) is 24.2. The maximum atomic E-state index is 12.4. The third kappa shape index (κ3) is 14.4. The van der Waals surface area contributed by atoms with E-state index in [2.05, 4.69) is 21.3 Å². The number of aliphatic hydroxyl groups excluding tert-OH is 2. The topological polar surface area (TPSA) is 316 Å². The number of rotatable bonds is 19. The van der Waals surface area contributed by atoms with Gasteiger partial charge in [-0.1, -0.05) is 20.3 Å². The predicted octanol–water partition coefficient (Wildman–Crippen LogP) is -5.52. The molecule has 7 atom stereocenters. The van der Waals surface area contributed by atoms with Crippen LogP contribution in [0.4, 0.5) is 0 Å². The summed E-state index contributed by atoms with van der Waals surface area (Å²) in [7, 11) is 0. The van der Waals surface area contributed by atoms with Crippen molar-refractivity contribution in [2.24, 2.45) is 11.7 Å². The van der Waals surface area contributed by atoms with Crippen LogP contribution in [0.1, 0.15) is 40.5 Å². The fraction of sp³-hybridized carbons (Fsp3) is 0.667. The van der Waals surface area contributed by atoms with E-state index in [0.29, 0.717) is 6.42 Å². The molecule has 19 heteroatoms. The van der Waals surface area contributed by atoms with Gasteiger partial charge < -0.3 is 58.1 Å². The Morgan fingerprint density at radius 2 is 1.21 bits per heavy atom. The molecular weight excluding hydrogens is 578 g/mol. The van der Waals surface area contributed by atoms with Crippen molar-refractivity contribution in [3.8, 4) is 0 Å². The summed E-state index contributed by atoms with van der Waals surface area (Å²) in [6.07, 6.45) is -1.87. The molecule has 0 fully saturated rings. The van der Waals surface area contributed by atoms with E-state index in [1.807, 2.05) is 17.6 Å². The third-order valence-electron chi connectivity index (χ3n) is 6.07. The van der Waals surface area contributed by atoms with Crippen molar-refractivity contribution in [2.75, 3.05) is 19.7 Å². The smallest absolute Gasteiger partial charge is 0.328 e. The highest BCUT2D eigenvalue weighted by molar-refractivity contribution is 5.96. The number of nitrogens with two attached hydrogens (primary N) is 1. The first-order valence-electron chi connectivity index (χ1n) is 13.2. The number of carbonyl (C=O) groups is 8. The molecular formula is C24H41N7O12. The zero-order valence-electron chi connectivity index (χ0n) is 24.2. The molecule has 6 amide bonds.